The van der Waals surface area contributed by atoms with Crippen molar-refractivity contribution in [2.75, 3.05) is 6.61 Å². The number of fused-ring (bicyclic) bond motifs is 1. The van der Waals surface area contributed by atoms with Gasteiger partial charge >= 0.3 is 0 Å². The van der Waals surface area contributed by atoms with Gasteiger partial charge in [0.15, 0.2) is 0 Å². The molecule has 1 aromatic carbocycles. The van der Waals surface area contributed by atoms with Gasteiger partial charge in [-0.2, -0.15) is 5.10 Å². The molecule has 0 aliphatic carbocycles. The molecule has 0 spiro atoms. The number of nitro groups is 1. The van der Waals surface area contributed by atoms with Crippen LogP contribution in [0.4, 0.5) is 5.69 Å². The number of nitro benzene ring substituents is 1. The van der Waals surface area contributed by atoms with Crippen molar-refractivity contribution >= 4 is 16.6 Å². The highest BCUT2D eigenvalue weighted by Gasteiger charge is 2.12. The second-order valence-electron chi connectivity index (χ2n) is 3.66. The van der Waals surface area contributed by atoms with E-state index in [4.69, 9.17) is 5.11 Å². The van der Waals surface area contributed by atoms with E-state index in [1.165, 1.54) is 16.8 Å². The smallest absolute Gasteiger partial charge is 0.271 e. The van der Waals surface area contributed by atoms with Crippen LogP contribution in [-0.2, 0) is 6.54 Å². The van der Waals surface area contributed by atoms with Crippen molar-refractivity contribution in [3.8, 4) is 0 Å². The van der Waals surface area contributed by atoms with Crippen molar-refractivity contribution in [2.24, 2.45) is 0 Å². The van der Waals surface area contributed by atoms with Crippen LogP contribution in [0, 0.1) is 10.1 Å². The molecule has 2 rings (SSSR count). The van der Waals surface area contributed by atoms with Crippen LogP contribution in [0.2, 0.25) is 0 Å². The minimum Gasteiger partial charge on any atom is -0.394 e. The highest BCUT2D eigenvalue weighted by molar-refractivity contribution is 5.80. The van der Waals surface area contributed by atoms with Gasteiger partial charge in [0.1, 0.15) is 0 Å². The zero-order valence-corrected chi connectivity index (χ0v) is 8.85. The molecular weight excluding hydrogens is 226 g/mol. The van der Waals surface area contributed by atoms with Crippen LogP contribution in [0.15, 0.2) is 24.4 Å². The Morgan fingerprint density at radius 1 is 1.53 bits per heavy atom. The second-order valence-corrected chi connectivity index (χ2v) is 3.66. The summed E-state index contributed by atoms with van der Waals surface area (Å²) in [7, 11) is 0. The summed E-state index contributed by atoms with van der Waals surface area (Å²) in [6.07, 6.45) is 0.626. The number of hydrogen-bond donors (Lipinski definition) is 2. The Bertz CT molecular complexity index is 551. The van der Waals surface area contributed by atoms with E-state index in [0.717, 1.165) is 5.39 Å². The lowest BCUT2D eigenvalue weighted by atomic mass is 10.2. The van der Waals surface area contributed by atoms with Gasteiger partial charge in [0.05, 0.1) is 35.9 Å². The Balaban J connectivity index is 2.43. The third kappa shape index (κ3) is 2.24. The summed E-state index contributed by atoms with van der Waals surface area (Å²) in [5, 5.41) is 33.5. The van der Waals surface area contributed by atoms with E-state index in [-0.39, 0.29) is 18.8 Å². The lowest BCUT2D eigenvalue weighted by Crippen LogP contribution is -2.20. The average Bonchev–Trinajstić information content (AvgIpc) is 2.71. The quantitative estimate of drug-likeness (QED) is 0.588. The van der Waals surface area contributed by atoms with Gasteiger partial charge in [-0.05, 0) is 6.07 Å². The largest absolute Gasteiger partial charge is 0.394 e. The first kappa shape index (κ1) is 11.5. The molecule has 0 fully saturated rings. The number of nitrogens with zero attached hydrogens (tertiary/aromatic N) is 3. The van der Waals surface area contributed by atoms with Crippen molar-refractivity contribution in [1.82, 2.24) is 9.78 Å². The van der Waals surface area contributed by atoms with E-state index in [2.05, 4.69) is 5.10 Å². The third-order valence-corrected chi connectivity index (χ3v) is 2.43. The normalized spacial score (nSPS) is 12.8. The average molecular weight is 237 g/mol. The molecule has 1 heterocycles. The predicted octanol–water partition coefficient (Wildman–Crippen LogP) is 0.298. The molecule has 0 aliphatic rings. The Morgan fingerprint density at radius 3 is 2.94 bits per heavy atom. The summed E-state index contributed by atoms with van der Waals surface area (Å²) in [6.45, 7) is -0.280. The van der Waals surface area contributed by atoms with E-state index >= 15 is 0 Å². The van der Waals surface area contributed by atoms with Crippen LogP contribution in [-0.4, -0.2) is 37.6 Å². The summed E-state index contributed by atoms with van der Waals surface area (Å²) in [4.78, 5) is 10.2. The molecular formula is C10H11N3O4. The molecule has 90 valence electrons. The Labute approximate surface area is 96.1 Å². The maximum absolute atomic E-state index is 10.6. The fourth-order valence-electron chi connectivity index (χ4n) is 1.58. The van der Waals surface area contributed by atoms with Gasteiger partial charge < -0.3 is 10.2 Å². The zero-order valence-electron chi connectivity index (χ0n) is 8.85. The lowest BCUT2D eigenvalue weighted by molar-refractivity contribution is -0.384. The Kier molecular flexibility index (Phi) is 3.03. The molecule has 0 bridgehead atoms. The molecule has 0 aliphatic heterocycles. The highest BCUT2D eigenvalue weighted by Crippen LogP contribution is 2.20. The number of hydrogen-bond acceptors (Lipinski definition) is 5. The van der Waals surface area contributed by atoms with Gasteiger partial charge in [0, 0.05) is 17.5 Å². The highest BCUT2D eigenvalue weighted by atomic mass is 16.6. The summed E-state index contributed by atoms with van der Waals surface area (Å²) < 4.78 is 1.43. The monoisotopic (exact) mass is 237 g/mol. The maximum Gasteiger partial charge on any atom is 0.271 e. The van der Waals surface area contributed by atoms with Crippen molar-refractivity contribution in [3.05, 3.63) is 34.5 Å². The minimum absolute atomic E-state index is 0.0299. The summed E-state index contributed by atoms with van der Waals surface area (Å²) in [5.41, 5.74) is 0.532. The van der Waals surface area contributed by atoms with Crippen LogP contribution in [0.1, 0.15) is 0 Å². The van der Waals surface area contributed by atoms with Gasteiger partial charge in [-0.25, -0.2) is 0 Å². The lowest BCUT2D eigenvalue weighted by Gasteiger charge is -2.07. The molecule has 2 aromatic rings. The summed E-state index contributed by atoms with van der Waals surface area (Å²) in [5.74, 6) is 0. The number of rotatable bonds is 4. The SMILES string of the molecule is O=[N+]([O-])c1ccc2cnn(CC(O)CO)c2c1. The van der Waals surface area contributed by atoms with Crippen molar-refractivity contribution in [3.63, 3.8) is 0 Å². The van der Waals surface area contributed by atoms with Gasteiger partial charge in [0.2, 0.25) is 0 Å². The standard InChI is InChI=1S/C10H11N3O4/c14-6-9(15)5-12-10-3-8(13(16)17)2-1-7(10)4-11-12/h1-4,9,14-15H,5-6H2. The molecule has 1 aromatic heterocycles. The maximum atomic E-state index is 10.6. The molecule has 1 unspecified atom stereocenters. The van der Waals surface area contributed by atoms with Gasteiger partial charge in [-0.1, -0.05) is 0 Å². The van der Waals surface area contributed by atoms with Gasteiger partial charge in [-0.3, -0.25) is 14.8 Å². The van der Waals surface area contributed by atoms with Crippen molar-refractivity contribution in [1.29, 1.82) is 0 Å². The predicted molar refractivity (Wildman–Crippen MR) is 59.5 cm³/mol. The van der Waals surface area contributed by atoms with Crippen LogP contribution >= 0.6 is 0 Å². The number of aliphatic hydroxyl groups is 2. The first-order chi connectivity index (χ1) is 8.11. The van der Waals surface area contributed by atoms with Crippen LogP contribution in [0.25, 0.3) is 10.9 Å². The molecule has 7 heteroatoms. The Hall–Kier alpha value is -1.99. The molecule has 0 saturated carbocycles. The topological polar surface area (TPSA) is 101 Å². The summed E-state index contributed by atoms with van der Waals surface area (Å²) in [6, 6.07) is 4.39. The number of aromatic nitrogens is 2. The van der Waals surface area contributed by atoms with Crippen molar-refractivity contribution < 1.29 is 15.1 Å². The molecule has 0 radical (unpaired) electrons. The van der Waals surface area contributed by atoms with E-state index in [1.54, 1.807) is 12.3 Å². The molecule has 2 N–H and O–H groups in total. The van der Waals surface area contributed by atoms with E-state index < -0.39 is 11.0 Å². The molecule has 17 heavy (non-hydrogen) atoms. The zero-order chi connectivity index (χ0) is 12.4. The minimum atomic E-state index is -0.933. The fraction of sp³-hybridized carbons (Fsp3) is 0.300. The molecule has 0 amide bonds. The number of benzene rings is 1. The van der Waals surface area contributed by atoms with Gasteiger partial charge in [-0.15, -0.1) is 0 Å². The van der Waals surface area contributed by atoms with Crippen LogP contribution in [0.5, 0.6) is 0 Å². The van der Waals surface area contributed by atoms with E-state index in [9.17, 15) is 15.2 Å². The van der Waals surface area contributed by atoms with E-state index in [0.29, 0.717) is 5.52 Å². The number of aliphatic hydroxyl groups excluding tert-OH is 2. The summed E-state index contributed by atoms with van der Waals surface area (Å²) >= 11 is 0. The molecule has 7 nitrogen and oxygen atoms in total. The molecule has 1 atom stereocenters. The van der Waals surface area contributed by atoms with Crippen molar-refractivity contribution in [2.45, 2.75) is 12.6 Å². The molecule has 0 saturated heterocycles. The third-order valence-electron chi connectivity index (χ3n) is 2.43. The Morgan fingerprint density at radius 2 is 2.29 bits per heavy atom. The van der Waals surface area contributed by atoms with E-state index in [1.807, 2.05) is 0 Å². The van der Waals surface area contributed by atoms with Crippen LogP contribution in [0.3, 0.4) is 0 Å². The van der Waals surface area contributed by atoms with Crippen LogP contribution < -0.4 is 0 Å². The first-order valence-corrected chi connectivity index (χ1v) is 5.00. The fourth-order valence-corrected chi connectivity index (χ4v) is 1.58. The second kappa shape index (κ2) is 4.48. The number of non-ortho nitro benzene ring substituents is 1. The first-order valence-electron chi connectivity index (χ1n) is 5.00. The van der Waals surface area contributed by atoms with Gasteiger partial charge in [0.25, 0.3) is 5.69 Å².